The van der Waals surface area contributed by atoms with Crippen molar-refractivity contribution in [1.29, 1.82) is 0 Å². The Bertz CT molecular complexity index is 459. The number of hydrogen-bond acceptors (Lipinski definition) is 4. The third-order valence-corrected chi connectivity index (χ3v) is 2.89. The van der Waals surface area contributed by atoms with E-state index in [1.165, 1.54) is 12.1 Å². The van der Waals surface area contributed by atoms with Gasteiger partial charge in [0.1, 0.15) is 5.56 Å². The van der Waals surface area contributed by atoms with Crippen LogP contribution in [-0.4, -0.2) is 17.5 Å². The van der Waals surface area contributed by atoms with Gasteiger partial charge in [-0.1, -0.05) is 15.9 Å². The average Bonchev–Trinajstić information content (AvgIpc) is 2.28. The number of alkyl halides is 1. The van der Waals surface area contributed by atoms with Crippen molar-refractivity contribution >= 4 is 27.6 Å². The fraction of sp³-hybridized carbons (Fsp3) is 0.364. The number of aryl methyl sites for hydroxylation is 1. The fourth-order valence-corrected chi connectivity index (χ4v) is 2.01. The summed E-state index contributed by atoms with van der Waals surface area (Å²) < 4.78 is 4.79. The van der Waals surface area contributed by atoms with Crippen LogP contribution in [0, 0.1) is 17.0 Å². The maximum atomic E-state index is 11.6. The number of benzene rings is 1. The van der Waals surface area contributed by atoms with Gasteiger partial charge in [0.2, 0.25) is 0 Å². The molecule has 0 aliphatic rings. The third kappa shape index (κ3) is 3.03. The molecule has 1 aromatic rings. The number of nitrogens with zero attached hydrogens (tertiary/aromatic N) is 1. The van der Waals surface area contributed by atoms with Crippen LogP contribution < -0.4 is 0 Å². The smallest absolute Gasteiger partial charge is 0.345 e. The number of ether oxygens (including phenoxy) is 1. The van der Waals surface area contributed by atoms with Crippen LogP contribution in [0.1, 0.15) is 28.4 Å². The lowest BCUT2D eigenvalue weighted by atomic mass is 10.0. The average molecular weight is 302 g/mol. The molecule has 0 amide bonds. The van der Waals surface area contributed by atoms with E-state index in [0.717, 1.165) is 11.1 Å². The first-order valence-corrected chi connectivity index (χ1v) is 6.14. The quantitative estimate of drug-likeness (QED) is 0.371. The maximum absolute atomic E-state index is 11.6. The SMILES string of the molecule is CCOC(=O)c1cc(C)c(CBr)cc1[N+](=O)[O-]. The minimum Gasteiger partial charge on any atom is -0.462 e. The molecular weight excluding hydrogens is 290 g/mol. The maximum Gasteiger partial charge on any atom is 0.345 e. The molecule has 0 bridgehead atoms. The van der Waals surface area contributed by atoms with E-state index in [9.17, 15) is 14.9 Å². The minimum absolute atomic E-state index is 0.000880. The normalized spacial score (nSPS) is 10.1. The molecule has 0 saturated heterocycles. The van der Waals surface area contributed by atoms with Gasteiger partial charge in [0.15, 0.2) is 0 Å². The van der Waals surface area contributed by atoms with Crippen LogP contribution in [0.4, 0.5) is 5.69 Å². The first-order valence-electron chi connectivity index (χ1n) is 5.02. The summed E-state index contributed by atoms with van der Waals surface area (Å²) in [7, 11) is 0. The largest absolute Gasteiger partial charge is 0.462 e. The van der Waals surface area contributed by atoms with E-state index in [1.54, 1.807) is 13.8 Å². The van der Waals surface area contributed by atoms with Crippen molar-refractivity contribution in [3.05, 3.63) is 38.9 Å². The highest BCUT2D eigenvalue weighted by molar-refractivity contribution is 9.08. The molecule has 0 aliphatic carbocycles. The topological polar surface area (TPSA) is 69.4 Å². The molecule has 0 aromatic heterocycles. The number of rotatable bonds is 4. The van der Waals surface area contributed by atoms with Crippen LogP contribution in [0.25, 0.3) is 0 Å². The van der Waals surface area contributed by atoms with Gasteiger partial charge in [-0.2, -0.15) is 0 Å². The summed E-state index contributed by atoms with van der Waals surface area (Å²) in [5, 5.41) is 11.4. The highest BCUT2D eigenvalue weighted by Gasteiger charge is 2.22. The van der Waals surface area contributed by atoms with Gasteiger partial charge in [-0.25, -0.2) is 4.79 Å². The number of hydrogen-bond donors (Lipinski definition) is 0. The van der Waals surface area contributed by atoms with Crippen molar-refractivity contribution in [2.24, 2.45) is 0 Å². The zero-order chi connectivity index (χ0) is 13.0. The van der Waals surface area contributed by atoms with E-state index < -0.39 is 10.9 Å². The van der Waals surface area contributed by atoms with Gasteiger partial charge < -0.3 is 4.74 Å². The zero-order valence-corrected chi connectivity index (χ0v) is 11.1. The third-order valence-electron chi connectivity index (χ3n) is 2.29. The van der Waals surface area contributed by atoms with Crippen LogP contribution in [0.2, 0.25) is 0 Å². The molecule has 0 fully saturated rings. The van der Waals surface area contributed by atoms with E-state index in [-0.39, 0.29) is 17.9 Å². The number of carbonyl (C=O) groups excluding carboxylic acids is 1. The molecule has 1 aromatic carbocycles. The first kappa shape index (κ1) is 13.6. The molecule has 0 heterocycles. The lowest BCUT2D eigenvalue weighted by Gasteiger charge is -2.07. The van der Waals surface area contributed by atoms with Crippen LogP contribution in [0.5, 0.6) is 0 Å². The Hall–Kier alpha value is -1.43. The lowest BCUT2D eigenvalue weighted by molar-refractivity contribution is -0.385. The minimum atomic E-state index is -0.663. The van der Waals surface area contributed by atoms with E-state index in [0.29, 0.717) is 5.33 Å². The van der Waals surface area contributed by atoms with Gasteiger partial charge in [-0.3, -0.25) is 10.1 Å². The van der Waals surface area contributed by atoms with Gasteiger partial charge in [0.05, 0.1) is 11.5 Å². The van der Waals surface area contributed by atoms with Crippen molar-refractivity contribution in [1.82, 2.24) is 0 Å². The van der Waals surface area contributed by atoms with E-state index in [1.807, 2.05) is 0 Å². The van der Waals surface area contributed by atoms with Crippen LogP contribution in [-0.2, 0) is 10.1 Å². The molecule has 1 rings (SSSR count). The molecule has 0 radical (unpaired) electrons. The Morgan fingerprint density at radius 1 is 1.53 bits per heavy atom. The van der Waals surface area contributed by atoms with E-state index in [2.05, 4.69) is 15.9 Å². The molecule has 0 aliphatic heterocycles. The van der Waals surface area contributed by atoms with Crippen molar-refractivity contribution < 1.29 is 14.5 Å². The predicted octanol–water partition coefficient (Wildman–Crippen LogP) is 2.97. The Morgan fingerprint density at radius 3 is 2.65 bits per heavy atom. The highest BCUT2D eigenvalue weighted by atomic mass is 79.9. The second-order valence-corrected chi connectivity index (χ2v) is 3.97. The lowest BCUT2D eigenvalue weighted by Crippen LogP contribution is -2.09. The first-order chi connectivity index (χ1) is 8.01. The monoisotopic (exact) mass is 301 g/mol. The molecule has 5 nitrogen and oxygen atoms in total. The molecule has 0 spiro atoms. The molecule has 0 saturated carbocycles. The van der Waals surface area contributed by atoms with Crippen molar-refractivity contribution in [3.63, 3.8) is 0 Å². The highest BCUT2D eigenvalue weighted by Crippen LogP contribution is 2.25. The van der Waals surface area contributed by atoms with Crippen molar-refractivity contribution in [3.8, 4) is 0 Å². The van der Waals surface area contributed by atoms with Gasteiger partial charge in [-0.15, -0.1) is 0 Å². The van der Waals surface area contributed by atoms with Gasteiger partial charge >= 0.3 is 5.97 Å². The van der Waals surface area contributed by atoms with E-state index in [4.69, 9.17) is 4.74 Å². The van der Waals surface area contributed by atoms with Crippen molar-refractivity contribution in [2.75, 3.05) is 6.61 Å². The molecule has 0 atom stereocenters. The summed E-state index contributed by atoms with van der Waals surface area (Å²) in [5.74, 6) is -0.663. The number of halogens is 1. The molecular formula is C11H12BrNO4. The molecule has 6 heteroatoms. The Morgan fingerprint density at radius 2 is 2.18 bits per heavy atom. The Labute approximate surface area is 107 Å². The van der Waals surface area contributed by atoms with Crippen molar-refractivity contribution in [2.45, 2.75) is 19.2 Å². The molecule has 0 N–H and O–H groups in total. The molecule has 92 valence electrons. The number of nitro groups is 1. The molecule has 17 heavy (non-hydrogen) atoms. The summed E-state index contributed by atoms with van der Waals surface area (Å²) in [4.78, 5) is 21.9. The van der Waals surface area contributed by atoms with Gasteiger partial charge in [-0.05, 0) is 31.0 Å². The van der Waals surface area contributed by atoms with Gasteiger partial charge in [0.25, 0.3) is 5.69 Å². The summed E-state index contributed by atoms with van der Waals surface area (Å²) in [5.41, 5.74) is 1.38. The number of esters is 1. The molecule has 0 unspecified atom stereocenters. The summed E-state index contributed by atoms with van der Waals surface area (Å²) in [6, 6.07) is 2.89. The van der Waals surface area contributed by atoms with Gasteiger partial charge in [0, 0.05) is 11.4 Å². The van der Waals surface area contributed by atoms with E-state index >= 15 is 0 Å². The number of carbonyl (C=O) groups is 1. The predicted molar refractivity (Wildman–Crippen MR) is 66.4 cm³/mol. The van der Waals surface area contributed by atoms with Crippen LogP contribution in [0.3, 0.4) is 0 Å². The zero-order valence-electron chi connectivity index (χ0n) is 9.53. The Balaban J connectivity index is 3.32. The second-order valence-electron chi connectivity index (χ2n) is 3.41. The Kier molecular flexibility index (Phi) is 4.62. The van der Waals surface area contributed by atoms with Crippen LogP contribution in [0.15, 0.2) is 12.1 Å². The van der Waals surface area contributed by atoms with Crippen LogP contribution >= 0.6 is 15.9 Å². The summed E-state index contributed by atoms with van der Waals surface area (Å²) in [6.45, 7) is 3.64. The second kappa shape index (κ2) is 5.77. The summed E-state index contributed by atoms with van der Waals surface area (Å²) >= 11 is 3.25. The standard InChI is InChI=1S/C11H12BrNO4/c1-3-17-11(14)9-4-7(2)8(6-12)5-10(9)13(15)16/h4-5H,3,6H2,1-2H3. The summed E-state index contributed by atoms with van der Waals surface area (Å²) in [6.07, 6.45) is 0. The fourth-order valence-electron chi connectivity index (χ4n) is 1.41. The number of nitro benzene ring substituents is 1.